The second kappa shape index (κ2) is 5.32. The number of fused-ring (bicyclic) bond motifs is 1. The Morgan fingerprint density at radius 3 is 2.95 bits per heavy atom. The molecule has 1 aliphatic rings. The zero-order valence-corrected chi connectivity index (χ0v) is 11.1. The number of amides is 1. The average Bonchev–Trinajstić information content (AvgIpc) is 3.28. The Balaban J connectivity index is 1.62. The number of anilines is 2. The molecule has 1 heterocycles. The summed E-state index contributed by atoms with van der Waals surface area (Å²) in [7, 11) is 0. The molecule has 4 N–H and O–H groups in total. The molecule has 1 aliphatic carbocycles. The van der Waals surface area contributed by atoms with Gasteiger partial charge in [0.15, 0.2) is 0 Å². The fraction of sp³-hybridized carbons (Fsp3) is 0.357. The van der Waals surface area contributed by atoms with Crippen LogP contribution in [0.15, 0.2) is 24.5 Å². The summed E-state index contributed by atoms with van der Waals surface area (Å²) in [5.74, 6) is 1.14. The molecule has 6 nitrogen and oxygen atoms in total. The molecule has 1 fully saturated rings. The summed E-state index contributed by atoms with van der Waals surface area (Å²) >= 11 is 0. The van der Waals surface area contributed by atoms with Crippen LogP contribution in [0, 0.1) is 5.92 Å². The molecule has 3 rings (SSSR count). The Bertz CT molecular complexity index is 638. The quantitative estimate of drug-likeness (QED) is 0.560. The number of nitrogens with two attached hydrogens (primary N) is 1. The summed E-state index contributed by atoms with van der Waals surface area (Å²) in [6.45, 7) is 1.21. The Morgan fingerprint density at radius 2 is 2.15 bits per heavy atom. The molecule has 0 atom stereocenters. The third-order valence-corrected chi connectivity index (χ3v) is 3.32. The molecule has 1 amide bonds. The van der Waals surface area contributed by atoms with Gasteiger partial charge in [0.25, 0.3) is 0 Å². The zero-order valence-electron chi connectivity index (χ0n) is 11.1. The largest absolute Gasteiger partial charge is 0.399 e. The second-order valence-corrected chi connectivity index (χ2v) is 4.99. The summed E-state index contributed by atoms with van der Waals surface area (Å²) in [6.07, 6.45) is 3.56. The van der Waals surface area contributed by atoms with Crippen LogP contribution in [-0.4, -0.2) is 29.0 Å². The molecule has 1 aromatic heterocycles. The van der Waals surface area contributed by atoms with Gasteiger partial charge < -0.3 is 16.4 Å². The lowest BCUT2D eigenvalue weighted by Gasteiger charge is -2.09. The number of hydrogen-bond acceptors (Lipinski definition) is 5. The summed E-state index contributed by atoms with van der Waals surface area (Å²) in [6, 6.07) is 5.53. The molecule has 0 aliphatic heterocycles. The van der Waals surface area contributed by atoms with E-state index in [2.05, 4.69) is 20.6 Å². The molecule has 104 valence electrons. The highest BCUT2D eigenvalue weighted by molar-refractivity contribution is 5.91. The van der Waals surface area contributed by atoms with Crippen LogP contribution >= 0.6 is 0 Å². The third kappa shape index (κ3) is 2.79. The molecular formula is C14H17N5O. The van der Waals surface area contributed by atoms with Gasteiger partial charge in [0.1, 0.15) is 12.1 Å². The first-order valence-corrected chi connectivity index (χ1v) is 6.76. The summed E-state index contributed by atoms with van der Waals surface area (Å²) in [4.78, 5) is 19.9. The van der Waals surface area contributed by atoms with Gasteiger partial charge in [-0.2, -0.15) is 0 Å². The second-order valence-electron chi connectivity index (χ2n) is 4.99. The third-order valence-electron chi connectivity index (χ3n) is 3.32. The van der Waals surface area contributed by atoms with Crippen molar-refractivity contribution in [2.24, 2.45) is 5.92 Å². The number of carbonyl (C=O) groups excluding carboxylic acids is 1. The SMILES string of the molecule is Nc1ccc2ncnc(NCCNC(=O)C3CC3)c2c1. The van der Waals surface area contributed by atoms with Crippen LogP contribution in [0.25, 0.3) is 10.9 Å². The van der Waals surface area contributed by atoms with Gasteiger partial charge in [-0.3, -0.25) is 4.79 Å². The lowest BCUT2D eigenvalue weighted by molar-refractivity contribution is -0.122. The van der Waals surface area contributed by atoms with E-state index < -0.39 is 0 Å². The van der Waals surface area contributed by atoms with Gasteiger partial charge in [-0.25, -0.2) is 9.97 Å². The van der Waals surface area contributed by atoms with Gasteiger partial charge in [-0.1, -0.05) is 0 Å². The van der Waals surface area contributed by atoms with E-state index >= 15 is 0 Å². The van der Waals surface area contributed by atoms with Crippen LogP contribution in [0.3, 0.4) is 0 Å². The first-order valence-electron chi connectivity index (χ1n) is 6.76. The number of hydrogen-bond donors (Lipinski definition) is 3. The van der Waals surface area contributed by atoms with E-state index in [4.69, 9.17) is 5.73 Å². The van der Waals surface area contributed by atoms with Gasteiger partial charge in [0.2, 0.25) is 5.91 Å². The van der Waals surface area contributed by atoms with Crippen molar-refractivity contribution in [3.05, 3.63) is 24.5 Å². The lowest BCUT2D eigenvalue weighted by Crippen LogP contribution is -2.29. The maximum Gasteiger partial charge on any atom is 0.223 e. The van der Waals surface area contributed by atoms with Crippen LogP contribution in [0.1, 0.15) is 12.8 Å². The number of nitrogens with zero attached hydrogens (tertiary/aromatic N) is 2. The number of aromatic nitrogens is 2. The average molecular weight is 271 g/mol. The van der Waals surface area contributed by atoms with Gasteiger partial charge in [0.05, 0.1) is 5.52 Å². The lowest BCUT2D eigenvalue weighted by atomic mass is 10.2. The van der Waals surface area contributed by atoms with E-state index in [0.29, 0.717) is 18.8 Å². The molecule has 0 spiro atoms. The molecule has 0 unspecified atom stereocenters. The molecule has 0 radical (unpaired) electrons. The minimum absolute atomic E-state index is 0.156. The highest BCUT2D eigenvalue weighted by atomic mass is 16.2. The Kier molecular flexibility index (Phi) is 3.37. The molecule has 6 heteroatoms. The van der Waals surface area contributed by atoms with Crippen molar-refractivity contribution >= 4 is 28.3 Å². The topological polar surface area (TPSA) is 92.9 Å². The normalized spacial score (nSPS) is 14.2. The van der Waals surface area contributed by atoms with Crippen LogP contribution < -0.4 is 16.4 Å². The highest BCUT2D eigenvalue weighted by Crippen LogP contribution is 2.28. The van der Waals surface area contributed by atoms with Crippen molar-refractivity contribution in [2.45, 2.75) is 12.8 Å². The fourth-order valence-electron chi connectivity index (χ4n) is 2.07. The zero-order chi connectivity index (χ0) is 13.9. The van der Waals surface area contributed by atoms with E-state index in [1.165, 1.54) is 6.33 Å². The molecule has 0 bridgehead atoms. The van der Waals surface area contributed by atoms with Crippen molar-refractivity contribution in [1.29, 1.82) is 0 Å². The van der Waals surface area contributed by atoms with Crippen LogP contribution in [0.5, 0.6) is 0 Å². The van der Waals surface area contributed by atoms with E-state index in [0.717, 1.165) is 29.6 Å². The highest BCUT2D eigenvalue weighted by Gasteiger charge is 2.28. The number of benzene rings is 1. The monoisotopic (exact) mass is 271 g/mol. The van der Waals surface area contributed by atoms with Crippen molar-refractivity contribution < 1.29 is 4.79 Å². The van der Waals surface area contributed by atoms with Gasteiger partial charge in [-0.05, 0) is 31.0 Å². The van der Waals surface area contributed by atoms with E-state index in [1.54, 1.807) is 0 Å². The van der Waals surface area contributed by atoms with Crippen molar-refractivity contribution in [3.8, 4) is 0 Å². The van der Waals surface area contributed by atoms with Crippen molar-refractivity contribution in [3.63, 3.8) is 0 Å². The Morgan fingerprint density at radius 1 is 1.30 bits per heavy atom. The smallest absolute Gasteiger partial charge is 0.223 e. The summed E-state index contributed by atoms with van der Waals surface area (Å²) in [5, 5.41) is 7.00. The van der Waals surface area contributed by atoms with Crippen LogP contribution in [0.2, 0.25) is 0 Å². The van der Waals surface area contributed by atoms with Crippen molar-refractivity contribution in [2.75, 3.05) is 24.1 Å². The molecule has 20 heavy (non-hydrogen) atoms. The maximum atomic E-state index is 11.5. The van der Waals surface area contributed by atoms with Gasteiger partial charge in [-0.15, -0.1) is 0 Å². The first kappa shape index (κ1) is 12.7. The van der Waals surface area contributed by atoms with E-state index in [1.807, 2.05) is 18.2 Å². The molecule has 1 saturated carbocycles. The van der Waals surface area contributed by atoms with Gasteiger partial charge in [0, 0.05) is 30.1 Å². The number of carbonyl (C=O) groups is 1. The van der Waals surface area contributed by atoms with E-state index in [9.17, 15) is 4.79 Å². The molecule has 0 saturated heterocycles. The predicted molar refractivity (Wildman–Crippen MR) is 78.2 cm³/mol. The summed E-state index contributed by atoms with van der Waals surface area (Å²) < 4.78 is 0. The van der Waals surface area contributed by atoms with Crippen molar-refractivity contribution in [1.82, 2.24) is 15.3 Å². The fourth-order valence-corrected chi connectivity index (χ4v) is 2.07. The number of nitrogen functional groups attached to an aromatic ring is 1. The van der Waals surface area contributed by atoms with E-state index in [-0.39, 0.29) is 11.8 Å². The molecular weight excluding hydrogens is 254 g/mol. The Hall–Kier alpha value is -2.37. The molecule has 2 aromatic rings. The first-order chi connectivity index (χ1) is 9.74. The standard InChI is InChI=1S/C14H17N5O/c15-10-3-4-12-11(7-10)13(19-8-18-12)16-5-6-17-14(20)9-1-2-9/h3-4,7-9H,1-2,5-6,15H2,(H,17,20)(H,16,18,19). The predicted octanol–water partition coefficient (Wildman–Crippen LogP) is 1.15. The van der Waals surface area contributed by atoms with Gasteiger partial charge >= 0.3 is 0 Å². The molecule has 1 aromatic carbocycles. The van der Waals surface area contributed by atoms with Crippen LogP contribution in [0.4, 0.5) is 11.5 Å². The number of nitrogens with one attached hydrogen (secondary N) is 2. The number of rotatable bonds is 5. The summed E-state index contributed by atoms with van der Waals surface area (Å²) in [5.41, 5.74) is 7.31. The Labute approximate surface area is 116 Å². The minimum Gasteiger partial charge on any atom is -0.399 e. The van der Waals surface area contributed by atoms with Crippen LogP contribution in [-0.2, 0) is 4.79 Å². The maximum absolute atomic E-state index is 11.5. The minimum atomic E-state index is 0.156.